The predicted molar refractivity (Wildman–Crippen MR) is 83.7 cm³/mol. The third-order valence-corrected chi connectivity index (χ3v) is 2.94. The van der Waals surface area contributed by atoms with E-state index in [2.05, 4.69) is 15.3 Å². The van der Waals surface area contributed by atoms with Crippen LogP contribution in [0.25, 0.3) is 0 Å². The lowest BCUT2D eigenvalue weighted by Crippen LogP contribution is -2.14. The highest BCUT2D eigenvalue weighted by atomic mass is 32.1. The van der Waals surface area contributed by atoms with Gasteiger partial charge in [-0.2, -0.15) is 14.9 Å². The quantitative estimate of drug-likeness (QED) is 0.500. The molecule has 0 atom stereocenters. The van der Waals surface area contributed by atoms with Gasteiger partial charge in [-0.05, 0) is 55.9 Å². The van der Waals surface area contributed by atoms with Gasteiger partial charge in [-0.25, -0.2) is 4.79 Å². The number of rotatable bonds is 6. The lowest BCUT2D eigenvalue weighted by molar-refractivity contribution is -0.145. The van der Waals surface area contributed by atoms with E-state index < -0.39 is 5.97 Å². The molecule has 1 heterocycles. The minimum atomic E-state index is -0.391. The van der Waals surface area contributed by atoms with Crippen LogP contribution < -0.4 is 4.74 Å². The van der Waals surface area contributed by atoms with E-state index in [9.17, 15) is 4.79 Å². The average Bonchev–Trinajstić information content (AvgIpc) is 2.83. The highest BCUT2D eigenvalue weighted by Crippen LogP contribution is 2.11. The number of hydrogen-bond acceptors (Lipinski definition) is 6. The molecule has 0 bridgehead atoms. The Balaban J connectivity index is 1.97. The van der Waals surface area contributed by atoms with Gasteiger partial charge in [-0.3, -0.25) is 5.10 Å². The van der Waals surface area contributed by atoms with Crippen LogP contribution in [-0.4, -0.2) is 40.3 Å². The van der Waals surface area contributed by atoms with Crippen molar-refractivity contribution in [3.05, 3.63) is 40.4 Å². The third-order valence-electron chi connectivity index (χ3n) is 2.68. The van der Waals surface area contributed by atoms with Gasteiger partial charge in [0.2, 0.25) is 4.77 Å². The highest BCUT2D eigenvalue weighted by molar-refractivity contribution is 7.71. The second kappa shape index (κ2) is 7.51. The zero-order valence-electron chi connectivity index (χ0n) is 12.3. The SMILES string of the molecule is CCOC(=O)COc1ccc(/C=N/n2c(C)n[nH]c2=S)cc1. The minimum absolute atomic E-state index is 0.106. The predicted octanol–water partition coefficient (Wildman–Crippen LogP) is 2.07. The number of aryl methyl sites for hydroxylation is 1. The number of esters is 1. The fraction of sp³-hybridized carbons (Fsp3) is 0.286. The van der Waals surface area contributed by atoms with E-state index in [1.807, 2.05) is 12.1 Å². The average molecular weight is 320 g/mol. The first-order valence-corrected chi connectivity index (χ1v) is 7.08. The number of benzene rings is 1. The largest absolute Gasteiger partial charge is 0.482 e. The van der Waals surface area contributed by atoms with Crippen LogP contribution in [0.15, 0.2) is 29.4 Å². The first-order valence-electron chi connectivity index (χ1n) is 6.67. The number of H-pyrrole nitrogens is 1. The normalized spacial score (nSPS) is 10.8. The van der Waals surface area contributed by atoms with Crippen LogP contribution in [0.3, 0.4) is 0 Å². The Morgan fingerprint density at radius 1 is 1.45 bits per heavy atom. The molecule has 0 fully saturated rings. The minimum Gasteiger partial charge on any atom is -0.482 e. The van der Waals surface area contributed by atoms with Gasteiger partial charge in [-0.15, -0.1) is 0 Å². The van der Waals surface area contributed by atoms with E-state index in [0.29, 0.717) is 23.0 Å². The highest BCUT2D eigenvalue weighted by Gasteiger charge is 2.03. The Kier molecular flexibility index (Phi) is 5.42. The molecule has 0 unspecified atom stereocenters. The van der Waals surface area contributed by atoms with Crippen molar-refractivity contribution in [3.63, 3.8) is 0 Å². The summed E-state index contributed by atoms with van der Waals surface area (Å²) in [4.78, 5) is 11.2. The molecular formula is C14H16N4O3S. The molecule has 0 aliphatic carbocycles. The van der Waals surface area contributed by atoms with Crippen molar-refractivity contribution in [2.24, 2.45) is 5.10 Å². The van der Waals surface area contributed by atoms with E-state index >= 15 is 0 Å². The first-order chi connectivity index (χ1) is 10.6. The number of hydrogen-bond donors (Lipinski definition) is 1. The van der Waals surface area contributed by atoms with Gasteiger partial charge in [0, 0.05) is 0 Å². The van der Waals surface area contributed by atoms with Crippen molar-refractivity contribution >= 4 is 24.4 Å². The topological polar surface area (TPSA) is 81.5 Å². The van der Waals surface area contributed by atoms with E-state index in [0.717, 1.165) is 5.56 Å². The van der Waals surface area contributed by atoms with E-state index in [1.165, 1.54) is 4.68 Å². The fourth-order valence-corrected chi connectivity index (χ4v) is 1.85. The van der Waals surface area contributed by atoms with E-state index in [1.54, 1.807) is 32.2 Å². The van der Waals surface area contributed by atoms with Crippen molar-refractivity contribution in [1.29, 1.82) is 0 Å². The second-order valence-electron chi connectivity index (χ2n) is 4.30. The summed E-state index contributed by atoms with van der Waals surface area (Å²) in [5.74, 6) is 0.870. The second-order valence-corrected chi connectivity index (χ2v) is 4.68. The fourth-order valence-electron chi connectivity index (χ4n) is 1.63. The van der Waals surface area contributed by atoms with Gasteiger partial charge in [0.15, 0.2) is 6.61 Å². The van der Waals surface area contributed by atoms with Crippen LogP contribution in [0, 0.1) is 11.7 Å². The summed E-state index contributed by atoms with van der Waals surface area (Å²) < 4.78 is 12.1. The lowest BCUT2D eigenvalue weighted by Gasteiger charge is -2.05. The van der Waals surface area contributed by atoms with Crippen LogP contribution in [0.1, 0.15) is 18.3 Å². The van der Waals surface area contributed by atoms with Gasteiger partial charge < -0.3 is 9.47 Å². The van der Waals surface area contributed by atoms with Crippen LogP contribution in [-0.2, 0) is 9.53 Å². The molecule has 0 aliphatic rings. The molecule has 2 aromatic rings. The Morgan fingerprint density at radius 2 is 2.18 bits per heavy atom. The molecule has 22 heavy (non-hydrogen) atoms. The van der Waals surface area contributed by atoms with Gasteiger partial charge in [-0.1, -0.05) is 0 Å². The molecule has 8 heteroatoms. The molecule has 0 spiro atoms. The van der Waals surface area contributed by atoms with Gasteiger partial charge in [0.05, 0.1) is 12.8 Å². The monoisotopic (exact) mass is 320 g/mol. The smallest absolute Gasteiger partial charge is 0.344 e. The molecule has 0 saturated carbocycles. The summed E-state index contributed by atoms with van der Waals surface area (Å²) >= 11 is 5.06. The summed E-state index contributed by atoms with van der Waals surface area (Å²) in [5.41, 5.74) is 0.867. The number of aromatic amines is 1. The number of carbonyl (C=O) groups is 1. The molecule has 116 valence electrons. The summed E-state index contributed by atoms with van der Waals surface area (Å²) in [5, 5.41) is 10.9. The van der Waals surface area contributed by atoms with Crippen molar-refractivity contribution in [3.8, 4) is 5.75 Å². The van der Waals surface area contributed by atoms with Crippen molar-refractivity contribution in [1.82, 2.24) is 14.9 Å². The van der Waals surface area contributed by atoms with E-state index in [-0.39, 0.29) is 6.61 Å². The molecule has 1 N–H and O–H groups in total. The molecule has 7 nitrogen and oxygen atoms in total. The number of aromatic nitrogens is 3. The Labute approximate surface area is 132 Å². The van der Waals surface area contributed by atoms with Gasteiger partial charge in [0.25, 0.3) is 0 Å². The third kappa shape index (κ3) is 4.26. The molecule has 0 radical (unpaired) electrons. The van der Waals surface area contributed by atoms with Crippen molar-refractivity contribution < 1.29 is 14.3 Å². The molecule has 2 rings (SSSR count). The maximum atomic E-state index is 11.2. The number of nitrogens with zero attached hydrogens (tertiary/aromatic N) is 3. The van der Waals surface area contributed by atoms with Crippen LogP contribution in [0.5, 0.6) is 5.75 Å². The Bertz CT molecular complexity index is 718. The molecular weight excluding hydrogens is 304 g/mol. The molecule has 1 aromatic carbocycles. The summed E-state index contributed by atoms with van der Waals surface area (Å²) in [6.07, 6.45) is 1.66. The Morgan fingerprint density at radius 3 is 2.77 bits per heavy atom. The van der Waals surface area contributed by atoms with Crippen molar-refractivity contribution in [2.75, 3.05) is 13.2 Å². The number of nitrogens with one attached hydrogen (secondary N) is 1. The van der Waals surface area contributed by atoms with Crippen molar-refractivity contribution in [2.45, 2.75) is 13.8 Å². The van der Waals surface area contributed by atoms with Gasteiger partial charge in [0.1, 0.15) is 11.6 Å². The van der Waals surface area contributed by atoms with Crippen LogP contribution in [0.4, 0.5) is 0 Å². The lowest BCUT2D eigenvalue weighted by atomic mass is 10.2. The molecule has 0 aliphatic heterocycles. The molecule has 0 amide bonds. The Hall–Kier alpha value is -2.48. The number of carbonyl (C=O) groups excluding carboxylic acids is 1. The van der Waals surface area contributed by atoms with Crippen LogP contribution >= 0.6 is 12.2 Å². The first kappa shape index (κ1) is 15.9. The maximum Gasteiger partial charge on any atom is 0.344 e. The zero-order valence-corrected chi connectivity index (χ0v) is 13.1. The van der Waals surface area contributed by atoms with Crippen LogP contribution in [0.2, 0.25) is 0 Å². The molecule has 1 aromatic heterocycles. The number of ether oxygens (including phenoxy) is 2. The summed E-state index contributed by atoms with van der Waals surface area (Å²) in [6, 6.07) is 7.15. The van der Waals surface area contributed by atoms with E-state index in [4.69, 9.17) is 21.7 Å². The zero-order chi connectivity index (χ0) is 15.9. The summed E-state index contributed by atoms with van der Waals surface area (Å²) in [7, 11) is 0. The maximum absolute atomic E-state index is 11.2. The standard InChI is InChI=1S/C14H16N4O3S/c1-3-20-13(19)9-21-12-6-4-11(5-7-12)8-15-18-10(2)16-17-14(18)22/h4-8H,3,9H2,1-2H3,(H,17,22)/b15-8+. The summed E-state index contributed by atoms with van der Waals surface area (Å²) in [6.45, 7) is 3.79. The van der Waals surface area contributed by atoms with Gasteiger partial charge >= 0.3 is 5.97 Å². The molecule has 0 saturated heterocycles.